The van der Waals surface area contributed by atoms with E-state index in [0.717, 1.165) is 12.8 Å². The van der Waals surface area contributed by atoms with Crippen molar-refractivity contribution in [2.75, 3.05) is 6.26 Å². The smallest absolute Gasteiger partial charge is 0.223 e. The molecule has 1 aromatic rings. The third-order valence-corrected chi connectivity index (χ3v) is 6.15. The molecule has 2 aliphatic rings. The number of nitrogens with one attached hydrogen (secondary N) is 1. The summed E-state index contributed by atoms with van der Waals surface area (Å²) >= 11 is 1.73. The van der Waals surface area contributed by atoms with E-state index in [1.165, 1.54) is 29.7 Å². The number of carbonyl (C=O) groups excluding carboxylic acids is 1. The second kappa shape index (κ2) is 8.41. The van der Waals surface area contributed by atoms with Crippen molar-refractivity contribution >= 4 is 30.1 Å². The number of thioether (sulfide) groups is 1. The van der Waals surface area contributed by atoms with Crippen LogP contribution >= 0.6 is 24.2 Å². The minimum absolute atomic E-state index is 0. The van der Waals surface area contributed by atoms with Crippen LogP contribution < -0.4 is 11.1 Å². The molecule has 5 heteroatoms. The van der Waals surface area contributed by atoms with Crippen molar-refractivity contribution in [1.29, 1.82) is 0 Å². The Bertz CT molecular complexity index is 508. The van der Waals surface area contributed by atoms with E-state index in [0.29, 0.717) is 24.4 Å². The second-order valence-corrected chi connectivity index (χ2v) is 7.64. The van der Waals surface area contributed by atoms with Crippen molar-refractivity contribution in [3.63, 3.8) is 0 Å². The summed E-state index contributed by atoms with van der Waals surface area (Å²) in [5, 5.41) is 3.12. The van der Waals surface area contributed by atoms with Crippen LogP contribution in [0.2, 0.25) is 0 Å². The quantitative estimate of drug-likeness (QED) is 0.812. The molecule has 1 aromatic carbocycles. The zero-order valence-electron chi connectivity index (χ0n) is 13.7. The van der Waals surface area contributed by atoms with E-state index in [4.69, 9.17) is 5.73 Å². The molecule has 0 aliphatic heterocycles. The van der Waals surface area contributed by atoms with E-state index in [1.54, 1.807) is 11.8 Å². The molecule has 0 radical (unpaired) electrons. The second-order valence-electron chi connectivity index (χ2n) is 6.76. The van der Waals surface area contributed by atoms with Crippen LogP contribution in [0.4, 0.5) is 0 Å². The normalized spacial score (nSPS) is 29.5. The Labute approximate surface area is 149 Å². The molecule has 0 heterocycles. The molecule has 0 spiro atoms. The Hall–Kier alpha value is -0.710. The molecule has 128 valence electrons. The monoisotopic (exact) mass is 354 g/mol. The van der Waals surface area contributed by atoms with Crippen LogP contribution in [0.5, 0.6) is 0 Å². The van der Waals surface area contributed by atoms with Crippen LogP contribution in [-0.2, 0) is 11.3 Å². The first-order valence-corrected chi connectivity index (χ1v) is 9.56. The van der Waals surface area contributed by atoms with Gasteiger partial charge in [0.05, 0.1) is 0 Å². The number of halogens is 1. The van der Waals surface area contributed by atoms with Crippen LogP contribution in [0.15, 0.2) is 29.2 Å². The maximum atomic E-state index is 12.5. The fraction of sp³-hybridized carbons (Fsp3) is 0.611. The first-order valence-electron chi connectivity index (χ1n) is 8.33. The van der Waals surface area contributed by atoms with Gasteiger partial charge in [-0.1, -0.05) is 18.6 Å². The van der Waals surface area contributed by atoms with E-state index < -0.39 is 0 Å². The van der Waals surface area contributed by atoms with Crippen molar-refractivity contribution in [3.8, 4) is 0 Å². The standard InChI is InChI=1S/C18H26N2OS.ClH/c1-22-16-7-5-12(6-8-16)11-20-18(21)15-9-13-3-2-4-14(10-15)17(13)19;/h5-8,13-15,17H,2-4,9-11,19H2,1H3,(H,20,21);1H. The molecule has 0 saturated heterocycles. The minimum atomic E-state index is 0. The Morgan fingerprint density at radius 3 is 2.39 bits per heavy atom. The van der Waals surface area contributed by atoms with Crippen molar-refractivity contribution < 1.29 is 4.79 Å². The molecule has 2 bridgehead atoms. The summed E-state index contributed by atoms with van der Waals surface area (Å²) in [7, 11) is 0. The SMILES string of the molecule is CSc1ccc(CNC(=O)C2CC3CCCC(C2)C3N)cc1.Cl. The van der Waals surface area contributed by atoms with Crippen molar-refractivity contribution in [3.05, 3.63) is 29.8 Å². The lowest BCUT2D eigenvalue weighted by Crippen LogP contribution is -2.49. The van der Waals surface area contributed by atoms with Gasteiger partial charge in [-0.05, 0) is 61.5 Å². The number of carbonyl (C=O) groups is 1. The zero-order chi connectivity index (χ0) is 15.5. The van der Waals surface area contributed by atoms with Crippen molar-refractivity contribution in [2.24, 2.45) is 23.5 Å². The maximum Gasteiger partial charge on any atom is 0.223 e. The molecular formula is C18H27ClN2OS. The summed E-state index contributed by atoms with van der Waals surface area (Å²) < 4.78 is 0. The van der Waals surface area contributed by atoms with Crippen LogP contribution in [0.25, 0.3) is 0 Å². The average Bonchev–Trinajstić information content (AvgIpc) is 2.53. The summed E-state index contributed by atoms with van der Waals surface area (Å²) in [6.45, 7) is 0.630. The van der Waals surface area contributed by atoms with Crippen LogP contribution in [0, 0.1) is 17.8 Å². The molecule has 3 nitrogen and oxygen atoms in total. The average molecular weight is 355 g/mol. The van der Waals surface area contributed by atoms with Gasteiger partial charge < -0.3 is 11.1 Å². The third-order valence-electron chi connectivity index (χ3n) is 5.41. The van der Waals surface area contributed by atoms with Gasteiger partial charge >= 0.3 is 0 Å². The van der Waals surface area contributed by atoms with Gasteiger partial charge in [-0.2, -0.15) is 0 Å². The first kappa shape index (κ1) is 18.6. The Morgan fingerprint density at radius 2 is 1.83 bits per heavy atom. The number of benzene rings is 1. The predicted octanol–water partition coefficient (Wildman–Crippen LogP) is 3.60. The number of hydrogen-bond donors (Lipinski definition) is 2. The van der Waals surface area contributed by atoms with Crippen LogP contribution in [-0.4, -0.2) is 18.2 Å². The van der Waals surface area contributed by atoms with Crippen molar-refractivity contribution in [2.45, 2.75) is 49.6 Å². The lowest BCUT2D eigenvalue weighted by Gasteiger charge is -2.43. The lowest BCUT2D eigenvalue weighted by molar-refractivity contribution is -0.128. The van der Waals surface area contributed by atoms with Gasteiger partial charge in [0.2, 0.25) is 5.91 Å². The minimum Gasteiger partial charge on any atom is -0.352 e. The highest BCUT2D eigenvalue weighted by Gasteiger charge is 2.40. The maximum absolute atomic E-state index is 12.5. The summed E-state index contributed by atoms with van der Waals surface area (Å²) in [4.78, 5) is 13.7. The number of fused-ring (bicyclic) bond motifs is 2. The topological polar surface area (TPSA) is 55.1 Å². The van der Waals surface area contributed by atoms with Crippen molar-refractivity contribution in [1.82, 2.24) is 5.32 Å². The summed E-state index contributed by atoms with van der Waals surface area (Å²) in [5.41, 5.74) is 7.47. The molecule has 0 aromatic heterocycles. The van der Waals surface area contributed by atoms with E-state index in [2.05, 4.69) is 35.8 Å². The van der Waals surface area contributed by atoms with E-state index in [-0.39, 0.29) is 24.2 Å². The largest absolute Gasteiger partial charge is 0.352 e. The fourth-order valence-corrected chi connectivity index (χ4v) is 4.49. The highest BCUT2D eigenvalue weighted by atomic mass is 35.5. The molecule has 2 fully saturated rings. The molecule has 2 atom stereocenters. The first-order chi connectivity index (χ1) is 10.7. The Balaban J connectivity index is 0.00000192. The summed E-state index contributed by atoms with van der Waals surface area (Å²) in [6, 6.07) is 8.73. The van der Waals surface area contributed by atoms with E-state index in [9.17, 15) is 4.79 Å². The molecule has 23 heavy (non-hydrogen) atoms. The van der Waals surface area contributed by atoms with Gasteiger partial charge in [-0.25, -0.2) is 0 Å². The molecule has 2 saturated carbocycles. The van der Waals surface area contributed by atoms with E-state index >= 15 is 0 Å². The molecule has 2 unspecified atom stereocenters. The molecule has 3 N–H and O–H groups in total. The highest BCUT2D eigenvalue weighted by molar-refractivity contribution is 7.98. The van der Waals surface area contributed by atoms with Gasteiger partial charge in [-0.15, -0.1) is 24.2 Å². The number of amides is 1. The zero-order valence-corrected chi connectivity index (χ0v) is 15.3. The van der Waals surface area contributed by atoms with Gasteiger partial charge in [-0.3, -0.25) is 4.79 Å². The fourth-order valence-electron chi connectivity index (χ4n) is 4.08. The molecular weight excluding hydrogens is 328 g/mol. The third kappa shape index (κ3) is 4.43. The highest BCUT2D eigenvalue weighted by Crippen LogP contribution is 2.41. The number of hydrogen-bond acceptors (Lipinski definition) is 3. The van der Waals surface area contributed by atoms with Gasteiger partial charge in [0.1, 0.15) is 0 Å². The van der Waals surface area contributed by atoms with E-state index in [1.807, 2.05) is 0 Å². The number of rotatable bonds is 4. The predicted molar refractivity (Wildman–Crippen MR) is 98.8 cm³/mol. The van der Waals surface area contributed by atoms with Crippen LogP contribution in [0.3, 0.4) is 0 Å². The molecule has 2 aliphatic carbocycles. The number of nitrogens with two attached hydrogens (primary N) is 1. The summed E-state index contributed by atoms with van der Waals surface area (Å²) in [6.07, 6.45) is 7.74. The lowest BCUT2D eigenvalue weighted by atomic mass is 9.65. The molecule has 3 rings (SSSR count). The van der Waals surface area contributed by atoms with Gasteiger partial charge in [0, 0.05) is 23.4 Å². The van der Waals surface area contributed by atoms with Crippen LogP contribution in [0.1, 0.15) is 37.7 Å². The van der Waals surface area contributed by atoms with Gasteiger partial charge in [0.25, 0.3) is 0 Å². The summed E-state index contributed by atoms with van der Waals surface area (Å²) in [5.74, 6) is 1.51. The van der Waals surface area contributed by atoms with Gasteiger partial charge in [0.15, 0.2) is 0 Å². The molecule has 1 amide bonds. The Morgan fingerprint density at radius 1 is 1.22 bits per heavy atom. The Kier molecular flexibility index (Phi) is 6.81.